The molecule has 0 saturated heterocycles. The number of aromatic nitrogens is 2. The molecule has 1 N–H and O–H groups in total. The lowest BCUT2D eigenvalue weighted by atomic mass is 10.2. The van der Waals surface area contributed by atoms with Crippen molar-refractivity contribution in [2.45, 2.75) is 6.54 Å². The summed E-state index contributed by atoms with van der Waals surface area (Å²) in [6, 6.07) is 6.84. The monoisotopic (exact) mass is 247 g/mol. The summed E-state index contributed by atoms with van der Waals surface area (Å²) in [5.41, 5.74) is 1.49. The minimum Gasteiger partial charge on any atom is -0.348 e. The highest BCUT2D eigenvalue weighted by atomic mass is 35.5. The molecule has 0 aliphatic carbocycles. The molecule has 0 radical (unpaired) electrons. The van der Waals surface area contributed by atoms with Crippen molar-refractivity contribution in [3.63, 3.8) is 0 Å². The molecule has 17 heavy (non-hydrogen) atoms. The number of carbonyl (C=O) groups excluding carboxylic acids is 1. The van der Waals surface area contributed by atoms with Crippen LogP contribution in [-0.2, 0) is 6.54 Å². The summed E-state index contributed by atoms with van der Waals surface area (Å²) in [5, 5.41) is 3.10. The third-order valence-corrected chi connectivity index (χ3v) is 2.40. The van der Waals surface area contributed by atoms with E-state index in [-0.39, 0.29) is 5.91 Å². The van der Waals surface area contributed by atoms with Crippen LogP contribution in [-0.4, -0.2) is 15.9 Å². The number of nitrogens with zero attached hydrogens (tertiary/aromatic N) is 2. The molecule has 0 saturated carbocycles. The molecular weight excluding hydrogens is 238 g/mol. The van der Waals surface area contributed by atoms with Crippen molar-refractivity contribution in [1.82, 2.24) is 15.3 Å². The number of hydrogen-bond donors (Lipinski definition) is 1. The Morgan fingerprint density at radius 3 is 2.71 bits per heavy atom. The fourth-order valence-electron chi connectivity index (χ4n) is 1.33. The van der Waals surface area contributed by atoms with Gasteiger partial charge >= 0.3 is 0 Å². The normalized spacial score (nSPS) is 9.94. The second-order valence-corrected chi connectivity index (χ2v) is 3.79. The third kappa shape index (κ3) is 3.26. The van der Waals surface area contributed by atoms with Gasteiger partial charge in [-0.1, -0.05) is 11.6 Å². The molecule has 0 fully saturated rings. The zero-order chi connectivity index (χ0) is 12.1. The van der Waals surface area contributed by atoms with Gasteiger partial charge in [0.05, 0.1) is 0 Å². The van der Waals surface area contributed by atoms with Crippen LogP contribution in [0, 0.1) is 0 Å². The van der Waals surface area contributed by atoms with Crippen LogP contribution in [0.1, 0.15) is 15.9 Å². The fourth-order valence-corrected chi connectivity index (χ4v) is 1.50. The van der Waals surface area contributed by atoms with Crippen molar-refractivity contribution in [1.29, 1.82) is 0 Å². The Kier molecular flexibility index (Phi) is 3.67. The van der Waals surface area contributed by atoms with Crippen molar-refractivity contribution in [2.24, 2.45) is 0 Å². The molecule has 2 heterocycles. The van der Waals surface area contributed by atoms with Crippen molar-refractivity contribution < 1.29 is 4.79 Å². The SMILES string of the molecule is O=C(NCc1ccncc1)c1ccnc(Cl)c1. The van der Waals surface area contributed by atoms with Gasteiger partial charge in [0.15, 0.2) is 0 Å². The average Bonchev–Trinajstić information content (AvgIpc) is 2.37. The third-order valence-electron chi connectivity index (χ3n) is 2.19. The molecule has 0 unspecified atom stereocenters. The van der Waals surface area contributed by atoms with Gasteiger partial charge in [0.2, 0.25) is 0 Å². The molecule has 0 atom stereocenters. The molecule has 2 aromatic rings. The van der Waals surface area contributed by atoms with E-state index in [0.717, 1.165) is 5.56 Å². The van der Waals surface area contributed by atoms with Crippen LogP contribution in [0.25, 0.3) is 0 Å². The Bertz CT molecular complexity index is 516. The maximum atomic E-state index is 11.8. The molecule has 2 rings (SSSR count). The van der Waals surface area contributed by atoms with Crippen LogP contribution in [0.4, 0.5) is 0 Å². The van der Waals surface area contributed by atoms with Crippen LogP contribution in [0.15, 0.2) is 42.9 Å². The topological polar surface area (TPSA) is 54.9 Å². The number of nitrogens with one attached hydrogen (secondary N) is 1. The second kappa shape index (κ2) is 5.41. The largest absolute Gasteiger partial charge is 0.348 e. The van der Waals surface area contributed by atoms with E-state index in [1.807, 2.05) is 12.1 Å². The van der Waals surface area contributed by atoms with Crippen molar-refractivity contribution >= 4 is 17.5 Å². The minimum atomic E-state index is -0.175. The van der Waals surface area contributed by atoms with Crippen LogP contribution < -0.4 is 5.32 Å². The maximum Gasteiger partial charge on any atom is 0.251 e. The number of hydrogen-bond acceptors (Lipinski definition) is 3. The van der Waals surface area contributed by atoms with E-state index in [4.69, 9.17) is 11.6 Å². The Labute approximate surface area is 104 Å². The second-order valence-electron chi connectivity index (χ2n) is 3.41. The molecule has 0 aliphatic rings. The van der Waals surface area contributed by atoms with Crippen LogP contribution in [0.3, 0.4) is 0 Å². The molecule has 1 amide bonds. The van der Waals surface area contributed by atoms with Crippen molar-refractivity contribution in [3.05, 3.63) is 59.1 Å². The summed E-state index contributed by atoms with van der Waals surface area (Å²) in [6.45, 7) is 0.460. The van der Waals surface area contributed by atoms with Gasteiger partial charge in [0, 0.05) is 30.7 Å². The highest BCUT2D eigenvalue weighted by Gasteiger charge is 2.05. The Balaban J connectivity index is 1.98. The highest BCUT2D eigenvalue weighted by Crippen LogP contribution is 2.07. The molecule has 0 spiro atoms. The number of pyridine rings is 2. The molecule has 0 aromatic carbocycles. The van der Waals surface area contributed by atoms with Crippen LogP contribution in [0.5, 0.6) is 0 Å². The first kappa shape index (κ1) is 11.5. The standard InChI is InChI=1S/C12H10ClN3O/c13-11-7-10(3-6-15-11)12(17)16-8-9-1-4-14-5-2-9/h1-7H,8H2,(H,16,17). The summed E-state index contributed by atoms with van der Waals surface area (Å²) < 4.78 is 0. The molecule has 0 aliphatic heterocycles. The first-order chi connectivity index (χ1) is 8.25. The first-order valence-electron chi connectivity index (χ1n) is 5.04. The summed E-state index contributed by atoms with van der Waals surface area (Å²) in [4.78, 5) is 19.5. The lowest BCUT2D eigenvalue weighted by molar-refractivity contribution is 0.0951. The lowest BCUT2D eigenvalue weighted by Crippen LogP contribution is -2.22. The Morgan fingerprint density at radius 2 is 2.00 bits per heavy atom. The zero-order valence-corrected chi connectivity index (χ0v) is 9.69. The Hall–Kier alpha value is -1.94. The van der Waals surface area contributed by atoms with Crippen molar-refractivity contribution in [3.8, 4) is 0 Å². The van der Waals surface area contributed by atoms with Gasteiger partial charge < -0.3 is 5.32 Å². The van der Waals surface area contributed by atoms with Gasteiger partial charge in [-0.05, 0) is 29.8 Å². The van der Waals surface area contributed by atoms with Gasteiger partial charge in [-0.2, -0.15) is 0 Å². The summed E-state index contributed by atoms with van der Waals surface area (Å²) in [7, 11) is 0. The fraction of sp³-hybridized carbons (Fsp3) is 0.0833. The molecule has 5 heteroatoms. The van der Waals surface area contributed by atoms with Gasteiger partial charge in [-0.3, -0.25) is 9.78 Å². The maximum absolute atomic E-state index is 11.8. The van der Waals surface area contributed by atoms with Gasteiger partial charge in [-0.25, -0.2) is 4.98 Å². The quantitative estimate of drug-likeness (QED) is 0.845. The number of carbonyl (C=O) groups is 1. The van der Waals surface area contributed by atoms with Crippen LogP contribution in [0.2, 0.25) is 5.15 Å². The van der Waals surface area contributed by atoms with Gasteiger partial charge in [-0.15, -0.1) is 0 Å². The van der Waals surface area contributed by atoms with E-state index in [1.54, 1.807) is 18.5 Å². The van der Waals surface area contributed by atoms with Gasteiger partial charge in [0.25, 0.3) is 5.91 Å². The lowest BCUT2D eigenvalue weighted by Gasteiger charge is -2.05. The van der Waals surface area contributed by atoms with E-state index < -0.39 is 0 Å². The van der Waals surface area contributed by atoms with Crippen molar-refractivity contribution in [2.75, 3.05) is 0 Å². The minimum absolute atomic E-state index is 0.175. The highest BCUT2D eigenvalue weighted by molar-refractivity contribution is 6.29. The predicted octanol–water partition coefficient (Wildman–Crippen LogP) is 2.06. The van der Waals surface area contributed by atoms with E-state index in [2.05, 4.69) is 15.3 Å². The average molecular weight is 248 g/mol. The summed E-state index contributed by atoms with van der Waals surface area (Å²) in [5.74, 6) is -0.175. The predicted molar refractivity (Wildman–Crippen MR) is 64.7 cm³/mol. The summed E-state index contributed by atoms with van der Waals surface area (Å²) in [6.07, 6.45) is 4.87. The van der Waals surface area contributed by atoms with E-state index >= 15 is 0 Å². The first-order valence-corrected chi connectivity index (χ1v) is 5.42. The number of halogens is 1. The Morgan fingerprint density at radius 1 is 1.24 bits per heavy atom. The number of amides is 1. The summed E-state index contributed by atoms with van der Waals surface area (Å²) >= 11 is 5.71. The molecule has 86 valence electrons. The molecular formula is C12H10ClN3O. The molecule has 2 aromatic heterocycles. The van der Waals surface area contributed by atoms with Crippen LogP contribution >= 0.6 is 11.6 Å². The smallest absolute Gasteiger partial charge is 0.251 e. The molecule has 0 bridgehead atoms. The molecule has 4 nitrogen and oxygen atoms in total. The van der Waals surface area contributed by atoms with E-state index in [0.29, 0.717) is 17.3 Å². The van der Waals surface area contributed by atoms with E-state index in [9.17, 15) is 4.79 Å². The number of rotatable bonds is 3. The van der Waals surface area contributed by atoms with E-state index in [1.165, 1.54) is 12.3 Å². The zero-order valence-electron chi connectivity index (χ0n) is 8.93. The van der Waals surface area contributed by atoms with Gasteiger partial charge in [0.1, 0.15) is 5.15 Å².